The first-order chi connectivity index (χ1) is 16.0. The molecular formula is C25H30N4O4. The van der Waals surface area contributed by atoms with E-state index in [1.807, 2.05) is 26.0 Å². The zero-order valence-electron chi connectivity index (χ0n) is 19.4. The average molecular weight is 451 g/mol. The Kier molecular flexibility index (Phi) is 6.53. The second-order valence-corrected chi connectivity index (χ2v) is 8.19. The number of piperidine rings is 1. The van der Waals surface area contributed by atoms with Crippen molar-refractivity contribution in [2.75, 3.05) is 30.4 Å². The molecule has 1 fully saturated rings. The lowest BCUT2D eigenvalue weighted by Gasteiger charge is -2.31. The van der Waals surface area contributed by atoms with E-state index in [4.69, 9.17) is 4.74 Å². The second-order valence-electron chi connectivity index (χ2n) is 8.19. The van der Waals surface area contributed by atoms with Gasteiger partial charge in [0.05, 0.1) is 29.5 Å². The third kappa shape index (κ3) is 4.25. The molecule has 2 heterocycles. The summed E-state index contributed by atoms with van der Waals surface area (Å²) in [5, 5.41) is 3.05. The van der Waals surface area contributed by atoms with Gasteiger partial charge in [-0.2, -0.15) is 0 Å². The Balaban J connectivity index is 1.90. The summed E-state index contributed by atoms with van der Waals surface area (Å²) in [6.07, 6.45) is 3.30. The number of methoxy groups -OCH3 is 1. The molecule has 0 saturated carbocycles. The number of carbonyl (C=O) groups is 1. The quantitative estimate of drug-likeness (QED) is 0.582. The molecule has 2 aromatic carbocycles. The molecule has 1 aliphatic heterocycles. The molecule has 1 saturated heterocycles. The van der Waals surface area contributed by atoms with Crippen molar-refractivity contribution < 1.29 is 9.53 Å². The molecular weight excluding hydrogens is 420 g/mol. The fraction of sp³-hybridized carbons (Fsp3) is 0.400. The number of fused-ring (bicyclic) bond motifs is 1. The molecule has 0 aliphatic carbocycles. The Labute approximate surface area is 192 Å². The maximum Gasteiger partial charge on any atom is 0.316 e. The van der Waals surface area contributed by atoms with Gasteiger partial charge in [0.15, 0.2) is 0 Å². The number of benzene rings is 2. The zero-order chi connectivity index (χ0) is 23.5. The molecule has 1 aliphatic rings. The van der Waals surface area contributed by atoms with Gasteiger partial charge in [-0.25, -0.2) is 0 Å². The van der Waals surface area contributed by atoms with E-state index in [1.54, 1.807) is 31.4 Å². The topological polar surface area (TPSA) is 85.6 Å². The van der Waals surface area contributed by atoms with Gasteiger partial charge in [-0.05, 0) is 63.4 Å². The number of rotatable bonds is 6. The summed E-state index contributed by atoms with van der Waals surface area (Å²) >= 11 is 0. The highest BCUT2D eigenvalue weighted by Gasteiger charge is 2.21. The molecule has 4 rings (SSSR count). The Morgan fingerprint density at radius 2 is 1.58 bits per heavy atom. The fourth-order valence-electron chi connectivity index (χ4n) is 4.53. The SMILES string of the molecule is CCn1c(=O)c(=O)n(CC)c2cc(N3CCCCC3)c(NC(=O)c3cccc(OC)c3)cc21. The number of aromatic nitrogens is 2. The van der Waals surface area contributed by atoms with Gasteiger partial charge in [0.2, 0.25) is 0 Å². The van der Waals surface area contributed by atoms with E-state index < -0.39 is 11.1 Å². The van der Waals surface area contributed by atoms with Gasteiger partial charge >= 0.3 is 11.1 Å². The summed E-state index contributed by atoms with van der Waals surface area (Å²) in [6, 6.07) is 10.8. The van der Waals surface area contributed by atoms with Crippen molar-refractivity contribution in [1.29, 1.82) is 0 Å². The lowest BCUT2D eigenvalue weighted by atomic mass is 10.1. The first-order valence-corrected chi connectivity index (χ1v) is 11.5. The van der Waals surface area contributed by atoms with Crippen LogP contribution in [0.3, 0.4) is 0 Å². The molecule has 1 amide bonds. The van der Waals surface area contributed by atoms with Gasteiger partial charge in [-0.3, -0.25) is 14.4 Å². The van der Waals surface area contributed by atoms with Crippen LogP contribution >= 0.6 is 0 Å². The monoisotopic (exact) mass is 450 g/mol. The third-order valence-electron chi connectivity index (χ3n) is 6.26. The lowest BCUT2D eigenvalue weighted by molar-refractivity contribution is 0.102. The maximum absolute atomic E-state index is 13.1. The van der Waals surface area contributed by atoms with Gasteiger partial charge in [0, 0.05) is 31.7 Å². The Morgan fingerprint density at radius 1 is 0.939 bits per heavy atom. The van der Waals surface area contributed by atoms with Crippen molar-refractivity contribution in [3.63, 3.8) is 0 Å². The molecule has 0 bridgehead atoms. The number of anilines is 2. The van der Waals surface area contributed by atoms with Gasteiger partial charge in [0.1, 0.15) is 5.75 Å². The van der Waals surface area contributed by atoms with Crippen molar-refractivity contribution in [2.24, 2.45) is 0 Å². The van der Waals surface area contributed by atoms with Crippen LogP contribution in [0.2, 0.25) is 0 Å². The number of hydrogen-bond acceptors (Lipinski definition) is 5. The van der Waals surface area contributed by atoms with E-state index in [9.17, 15) is 14.4 Å². The Bertz CT molecular complexity index is 1300. The van der Waals surface area contributed by atoms with Crippen molar-refractivity contribution in [3.05, 3.63) is 62.7 Å². The first-order valence-electron chi connectivity index (χ1n) is 11.5. The van der Waals surface area contributed by atoms with E-state index in [0.29, 0.717) is 41.1 Å². The Morgan fingerprint density at radius 3 is 2.18 bits per heavy atom. The molecule has 0 atom stereocenters. The number of nitrogens with one attached hydrogen (secondary N) is 1. The van der Waals surface area contributed by atoms with E-state index in [-0.39, 0.29) is 5.91 Å². The number of hydrogen-bond donors (Lipinski definition) is 1. The maximum atomic E-state index is 13.1. The van der Waals surface area contributed by atoms with Crippen molar-refractivity contribution >= 4 is 28.3 Å². The number of amides is 1. The van der Waals surface area contributed by atoms with Gasteiger partial charge in [0.25, 0.3) is 5.91 Å². The van der Waals surface area contributed by atoms with Crippen LogP contribution in [0.1, 0.15) is 43.5 Å². The number of aryl methyl sites for hydroxylation is 2. The molecule has 1 aromatic heterocycles. The average Bonchev–Trinajstić information content (AvgIpc) is 2.85. The largest absolute Gasteiger partial charge is 0.497 e. The normalized spacial score (nSPS) is 13.8. The molecule has 1 N–H and O–H groups in total. The predicted octanol–water partition coefficient (Wildman–Crippen LogP) is 3.45. The molecule has 0 unspecified atom stereocenters. The number of carbonyl (C=O) groups excluding carboxylic acids is 1. The highest BCUT2D eigenvalue weighted by Crippen LogP contribution is 2.33. The van der Waals surface area contributed by atoms with Crippen LogP contribution in [-0.4, -0.2) is 35.2 Å². The van der Waals surface area contributed by atoms with Crippen molar-refractivity contribution in [3.8, 4) is 5.75 Å². The van der Waals surface area contributed by atoms with Gasteiger partial charge in [-0.1, -0.05) is 6.07 Å². The lowest BCUT2D eigenvalue weighted by Crippen LogP contribution is -2.41. The van der Waals surface area contributed by atoms with Crippen LogP contribution in [0.4, 0.5) is 11.4 Å². The number of nitrogens with zero attached hydrogens (tertiary/aromatic N) is 3. The van der Waals surface area contributed by atoms with Crippen LogP contribution in [0.5, 0.6) is 5.75 Å². The summed E-state index contributed by atoms with van der Waals surface area (Å²) < 4.78 is 8.25. The van der Waals surface area contributed by atoms with Crippen LogP contribution in [0.25, 0.3) is 11.0 Å². The van der Waals surface area contributed by atoms with E-state index in [1.165, 1.54) is 15.6 Å². The van der Waals surface area contributed by atoms with Crippen LogP contribution < -0.4 is 26.1 Å². The standard InChI is InChI=1S/C25H30N4O4/c1-4-28-21-15-19(26-23(30)17-10-9-11-18(14-17)33-3)20(27-12-7-6-8-13-27)16-22(21)29(5-2)25(32)24(28)31/h9-11,14-16H,4-8,12-13H2,1-3H3,(H,26,30). The van der Waals surface area contributed by atoms with Crippen LogP contribution in [-0.2, 0) is 13.1 Å². The molecule has 8 heteroatoms. The van der Waals surface area contributed by atoms with Crippen molar-refractivity contribution in [1.82, 2.24) is 9.13 Å². The first kappa shape index (κ1) is 22.6. The van der Waals surface area contributed by atoms with Gasteiger partial charge in [-0.15, -0.1) is 0 Å². The predicted molar refractivity (Wildman–Crippen MR) is 131 cm³/mol. The highest BCUT2D eigenvalue weighted by atomic mass is 16.5. The van der Waals surface area contributed by atoms with E-state index in [0.717, 1.165) is 31.6 Å². The van der Waals surface area contributed by atoms with Gasteiger partial charge < -0.3 is 24.1 Å². The molecule has 174 valence electrons. The smallest absolute Gasteiger partial charge is 0.316 e. The summed E-state index contributed by atoms with van der Waals surface area (Å²) in [4.78, 5) is 40.8. The minimum Gasteiger partial charge on any atom is -0.497 e. The van der Waals surface area contributed by atoms with Crippen LogP contribution in [0, 0.1) is 0 Å². The highest BCUT2D eigenvalue weighted by molar-refractivity contribution is 6.07. The summed E-state index contributed by atoms with van der Waals surface area (Å²) in [6.45, 7) is 6.19. The van der Waals surface area contributed by atoms with Crippen molar-refractivity contribution in [2.45, 2.75) is 46.2 Å². The fourth-order valence-corrected chi connectivity index (χ4v) is 4.53. The molecule has 33 heavy (non-hydrogen) atoms. The summed E-state index contributed by atoms with van der Waals surface area (Å²) in [5.41, 5.74) is 2.22. The minimum absolute atomic E-state index is 0.263. The molecule has 0 spiro atoms. The minimum atomic E-state index is -0.553. The molecule has 0 radical (unpaired) electrons. The summed E-state index contributed by atoms with van der Waals surface area (Å²) in [5.74, 6) is 0.338. The second kappa shape index (κ2) is 9.52. The van der Waals surface area contributed by atoms with E-state index >= 15 is 0 Å². The third-order valence-corrected chi connectivity index (χ3v) is 6.26. The molecule has 3 aromatic rings. The summed E-state index contributed by atoms with van der Waals surface area (Å²) in [7, 11) is 1.56. The zero-order valence-corrected chi connectivity index (χ0v) is 19.4. The van der Waals surface area contributed by atoms with E-state index in [2.05, 4.69) is 10.2 Å². The Hall–Kier alpha value is -3.55. The number of ether oxygens (including phenoxy) is 1. The molecule has 8 nitrogen and oxygen atoms in total. The van der Waals surface area contributed by atoms with Crippen LogP contribution in [0.15, 0.2) is 46.0 Å².